The van der Waals surface area contributed by atoms with Crippen LogP contribution < -0.4 is 15.8 Å². The van der Waals surface area contributed by atoms with Crippen molar-refractivity contribution < 1.29 is 4.74 Å². The van der Waals surface area contributed by atoms with E-state index in [1.165, 1.54) is 0 Å². The fourth-order valence-corrected chi connectivity index (χ4v) is 1.60. The topological polar surface area (TPSA) is 60.2 Å². The molecule has 0 amide bonds. The molecule has 17 heavy (non-hydrogen) atoms. The summed E-state index contributed by atoms with van der Waals surface area (Å²) in [6, 6.07) is 9.44. The van der Waals surface area contributed by atoms with Crippen molar-refractivity contribution >= 4 is 11.4 Å². The zero-order valence-electron chi connectivity index (χ0n) is 9.68. The predicted octanol–water partition coefficient (Wildman–Crippen LogP) is 2.28. The Morgan fingerprint density at radius 2 is 2.00 bits per heavy atom. The standard InChI is InChI=1S/C13H15N3O/c1-17-13-3-2-11(14)8-10(13)9-16-12-4-6-15-7-5-12/h2-8H,9,14H2,1H3,(H,15,16). The van der Waals surface area contributed by atoms with E-state index in [1.54, 1.807) is 19.5 Å². The van der Waals surface area contributed by atoms with Crippen LogP contribution in [0, 0.1) is 0 Å². The lowest BCUT2D eigenvalue weighted by Crippen LogP contribution is -2.02. The number of nitrogens with one attached hydrogen (secondary N) is 1. The number of anilines is 2. The highest BCUT2D eigenvalue weighted by molar-refractivity contribution is 5.50. The Balaban J connectivity index is 2.11. The van der Waals surface area contributed by atoms with E-state index < -0.39 is 0 Å². The van der Waals surface area contributed by atoms with E-state index >= 15 is 0 Å². The van der Waals surface area contributed by atoms with E-state index in [-0.39, 0.29) is 0 Å². The van der Waals surface area contributed by atoms with Gasteiger partial charge in [-0.3, -0.25) is 4.98 Å². The normalized spacial score (nSPS) is 9.94. The van der Waals surface area contributed by atoms with Crippen molar-refractivity contribution in [3.05, 3.63) is 48.3 Å². The summed E-state index contributed by atoms with van der Waals surface area (Å²) in [7, 11) is 1.65. The maximum atomic E-state index is 5.76. The molecule has 3 N–H and O–H groups in total. The van der Waals surface area contributed by atoms with Crippen LogP contribution in [0.2, 0.25) is 0 Å². The van der Waals surface area contributed by atoms with Crippen molar-refractivity contribution in [3.63, 3.8) is 0 Å². The van der Waals surface area contributed by atoms with Crippen molar-refractivity contribution in [1.82, 2.24) is 4.98 Å². The number of rotatable bonds is 4. The molecule has 0 fully saturated rings. The minimum Gasteiger partial charge on any atom is -0.496 e. The third-order valence-electron chi connectivity index (χ3n) is 2.47. The minimum absolute atomic E-state index is 0.665. The molecule has 0 spiro atoms. The molecule has 2 aromatic rings. The zero-order chi connectivity index (χ0) is 12.1. The lowest BCUT2D eigenvalue weighted by molar-refractivity contribution is 0.410. The summed E-state index contributed by atoms with van der Waals surface area (Å²) in [6.07, 6.45) is 3.50. The second-order valence-corrected chi connectivity index (χ2v) is 3.66. The molecule has 4 nitrogen and oxygen atoms in total. The SMILES string of the molecule is COc1ccc(N)cc1CNc1ccncc1. The van der Waals surface area contributed by atoms with Crippen molar-refractivity contribution in [3.8, 4) is 5.75 Å². The number of nitrogens with two attached hydrogens (primary N) is 1. The first-order valence-electron chi connectivity index (χ1n) is 5.36. The van der Waals surface area contributed by atoms with Gasteiger partial charge < -0.3 is 15.8 Å². The summed E-state index contributed by atoms with van der Waals surface area (Å²) < 4.78 is 5.28. The van der Waals surface area contributed by atoms with Crippen LogP contribution >= 0.6 is 0 Å². The number of ether oxygens (including phenoxy) is 1. The Kier molecular flexibility index (Phi) is 3.45. The quantitative estimate of drug-likeness (QED) is 0.790. The summed E-state index contributed by atoms with van der Waals surface area (Å²) in [5.74, 6) is 0.834. The number of aromatic nitrogens is 1. The van der Waals surface area contributed by atoms with E-state index in [9.17, 15) is 0 Å². The molecule has 1 aromatic carbocycles. The van der Waals surface area contributed by atoms with Crippen LogP contribution in [-0.2, 0) is 6.54 Å². The van der Waals surface area contributed by atoms with Crippen molar-refractivity contribution in [1.29, 1.82) is 0 Å². The third-order valence-corrected chi connectivity index (χ3v) is 2.47. The number of hydrogen-bond acceptors (Lipinski definition) is 4. The highest BCUT2D eigenvalue weighted by atomic mass is 16.5. The largest absolute Gasteiger partial charge is 0.496 e. The molecular weight excluding hydrogens is 214 g/mol. The lowest BCUT2D eigenvalue weighted by Gasteiger charge is -2.11. The molecule has 0 saturated heterocycles. The number of nitrogen functional groups attached to an aromatic ring is 1. The average molecular weight is 229 g/mol. The summed E-state index contributed by atoms with van der Waals surface area (Å²) in [5, 5.41) is 3.29. The first-order chi connectivity index (χ1) is 8.29. The highest BCUT2D eigenvalue weighted by Crippen LogP contribution is 2.22. The van der Waals surface area contributed by atoms with E-state index in [4.69, 9.17) is 10.5 Å². The molecule has 1 aromatic heterocycles. The van der Waals surface area contributed by atoms with Crippen molar-refractivity contribution in [2.24, 2.45) is 0 Å². The van der Waals surface area contributed by atoms with Crippen LogP contribution in [0.15, 0.2) is 42.7 Å². The second-order valence-electron chi connectivity index (χ2n) is 3.66. The van der Waals surface area contributed by atoms with Gasteiger partial charge in [0.2, 0.25) is 0 Å². The second kappa shape index (κ2) is 5.21. The van der Waals surface area contributed by atoms with Gasteiger partial charge in [-0.2, -0.15) is 0 Å². The molecule has 0 radical (unpaired) electrons. The molecule has 0 aliphatic rings. The highest BCUT2D eigenvalue weighted by Gasteiger charge is 2.03. The van der Waals surface area contributed by atoms with Gasteiger partial charge in [0.1, 0.15) is 5.75 Å². The number of methoxy groups -OCH3 is 1. The molecule has 0 saturated carbocycles. The molecule has 1 heterocycles. The smallest absolute Gasteiger partial charge is 0.123 e. The minimum atomic E-state index is 0.665. The number of benzene rings is 1. The summed E-state index contributed by atoms with van der Waals surface area (Å²) in [6.45, 7) is 0.665. The first-order valence-corrected chi connectivity index (χ1v) is 5.36. The van der Waals surface area contributed by atoms with Gasteiger partial charge in [0.15, 0.2) is 0 Å². The van der Waals surface area contributed by atoms with Crippen molar-refractivity contribution in [2.45, 2.75) is 6.54 Å². The molecule has 88 valence electrons. The third kappa shape index (κ3) is 2.87. The Morgan fingerprint density at radius 1 is 1.24 bits per heavy atom. The fraction of sp³-hybridized carbons (Fsp3) is 0.154. The van der Waals surface area contributed by atoms with E-state index in [2.05, 4.69) is 10.3 Å². The number of nitrogens with zero attached hydrogens (tertiary/aromatic N) is 1. The Hall–Kier alpha value is -2.23. The van der Waals surface area contributed by atoms with Gasteiger partial charge in [0.25, 0.3) is 0 Å². The molecule has 0 atom stereocenters. The molecule has 0 aliphatic heterocycles. The van der Waals surface area contributed by atoms with E-state index in [1.807, 2.05) is 30.3 Å². The Bertz CT molecular complexity index is 485. The number of pyridine rings is 1. The van der Waals surface area contributed by atoms with Crippen LogP contribution in [0.5, 0.6) is 5.75 Å². The first kappa shape index (κ1) is 11.3. The van der Waals surface area contributed by atoms with Crippen molar-refractivity contribution in [2.75, 3.05) is 18.2 Å². The van der Waals surface area contributed by atoms with Gasteiger partial charge in [0.05, 0.1) is 7.11 Å². The van der Waals surface area contributed by atoms with Gasteiger partial charge in [-0.05, 0) is 30.3 Å². The lowest BCUT2D eigenvalue weighted by atomic mass is 10.1. The van der Waals surface area contributed by atoms with Crippen LogP contribution in [0.25, 0.3) is 0 Å². The molecule has 0 unspecified atom stereocenters. The monoisotopic (exact) mass is 229 g/mol. The molecule has 4 heteroatoms. The van der Waals surface area contributed by atoms with Gasteiger partial charge in [-0.25, -0.2) is 0 Å². The maximum absolute atomic E-state index is 5.76. The van der Waals surface area contributed by atoms with E-state index in [0.717, 1.165) is 22.7 Å². The molecule has 0 aliphatic carbocycles. The van der Waals surface area contributed by atoms with Crippen LogP contribution in [0.1, 0.15) is 5.56 Å². The van der Waals surface area contributed by atoms with Gasteiger partial charge in [-0.15, -0.1) is 0 Å². The fourth-order valence-electron chi connectivity index (χ4n) is 1.60. The Labute approximate surface area is 100 Å². The maximum Gasteiger partial charge on any atom is 0.123 e. The zero-order valence-corrected chi connectivity index (χ0v) is 9.68. The van der Waals surface area contributed by atoms with Gasteiger partial charge in [-0.1, -0.05) is 0 Å². The summed E-state index contributed by atoms with van der Waals surface area (Å²) >= 11 is 0. The molecule has 2 rings (SSSR count). The average Bonchev–Trinajstić information content (AvgIpc) is 2.38. The molecule has 0 bridgehead atoms. The van der Waals surface area contributed by atoms with Crippen LogP contribution in [0.4, 0.5) is 11.4 Å². The summed E-state index contributed by atoms with van der Waals surface area (Å²) in [4.78, 5) is 3.96. The number of hydrogen-bond donors (Lipinski definition) is 2. The van der Waals surface area contributed by atoms with E-state index in [0.29, 0.717) is 6.54 Å². The molecular formula is C13H15N3O. The Morgan fingerprint density at radius 3 is 2.71 bits per heavy atom. The predicted molar refractivity (Wildman–Crippen MR) is 69.0 cm³/mol. The van der Waals surface area contributed by atoms with Crippen LogP contribution in [-0.4, -0.2) is 12.1 Å². The van der Waals surface area contributed by atoms with Gasteiger partial charge >= 0.3 is 0 Å². The van der Waals surface area contributed by atoms with Crippen LogP contribution in [0.3, 0.4) is 0 Å². The summed E-state index contributed by atoms with van der Waals surface area (Å²) in [5.41, 5.74) is 8.54. The van der Waals surface area contributed by atoms with Gasteiger partial charge in [0, 0.05) is 35.9 Å².